The van der Waals surface area contributed by atoms with Gasteiger partial charge in [-0.2, -0.15) is 0 Å². The molecule has 9 heavy (non-hydrogen) atoms. The second-order valence-corrected chi connectivity index (χ2v) is 1.52. The van der Waals surface area contributed by atoms with Crippen molar-refractivity contribution in [2.75, 3.05) is 0 Å². The minimum atomic E-state index is 0.426. The molecule has 0 aromatic heterocycles. The van der Waals surface area contributed by atoms with Crippen LogP contribution in [-0.4, -0.2) is 12.1 Å². The average Bonchev–Trinajstić information content (AvgIpc) is 1.79. The molecule has 1 rings (SSSR count). The molecule has 1 heterocycles. The molecule has 0 bridgehead atoms. The van der Waals surface area contributed by atoms with E-state index in [0.717, 1.165) is 0 Å². The summed E-state index contributed by atoms with van der Waals surface area (Å²) in [6.45, 7) is 0. The summed E-state index contributed by atoms with van der Waals surface area (Å²) in [5.74, 6) is 0.426. The Hall–Kier alpha value is -1.38. The minimum absolute atomic E-state index is 0.426. The van der Waals surface area contributed by atoms with E-state index in [1.807, 2.05) is 0 Å². The van der Waals surface area contributed by atoms with Gasteiger partial charge in [0.25, 0.3) is 0 Å². The fourth-order valence-electron chi connectivity index (χ4n) is 0.431. The normalized spacial score (nSPS) is 16.7. The number of amidine groups is 1. The zero-order valence-corrected chi connectivity index (χ0v) is 4.86. The van der Waals surface area contributed by atoms with E-state index in [4.69, 9.17) is 5.73 Å². The molecule has 0 aliphatic carbocycles. The van der Waals surface area contributed by atoms with Gasteiger partial charge in [-0.05, 0) is 12.2 Å². The van der Waals surface area contributed by atoms with Gasteiger partial charge in [-0.25, -0.2) is 4.99 Å². The van der Waals surface area contributed by atoms with Crippen LogP contribution < -0.4 is 5.73 Å². The molecule has 0 saturated heterocycles. The molecule has 0 radical (unpaired) electrons. The zero-order valence-electron chi connectivity index (χ0n) is 4.86. The Balaban J connectivity index is 2.77. The van der Waals surface area contributed by atoms with Crippen LogP contribution in [0.3, 0.4) is 0 Å². The summed E-state index contributed by atoms with van der Waals surface area (Å²) in [6.07, 6.45) is 8.32. The molecule has 0 amide bonds. The number of rotatable bonds is 0. The van der Waals surface area contributed by atoms with E-state index in [1.54, 1.807) is 24.6 Å². The molecule has 1 aliphatic heterocycles. The molecule has 0 unspecified atom stereocenters. The zero-order chi connectivity index (χ0) is 6.53. The van der Waals surface area contributed by atoms with Gasteiger partial charge in [-0.15, -0.1) is 0 Å². The van der Waals surface area contributed by atoms with Crippen LogP contribution in [0.4, 0.5) is 0 Å². The number of hydrogen-bond donors (Lipinski definition) is 1. The molecule has 46 valence electrons. The first-order chi connectivity index (χ1) is 4.39. The molecular weight excluding hydrogens is 114 g/mol. The summed E-state index contributed by atoms with van der Waals surface area (Å²) in [4.78, 5) is 7.60. The van der Waals surface area contributed by atoms with Crippen molar-refractivity contribution in [3.05, 3.63) is 24.6 Å². The summed E-state index contributed by atoms with van der Waals surface area (Å²) in [5, 5.41) is 0. The third kappa shape index (κ3) is 1.90. The van der Waals surface area contributed by atoms with Crippen molar-refractivity contribution in [1.29, 1.82) is 0 Å². The fourth-order valence-corrected chi connectivity index (χ4v) is 0.431. The SMILES string of the molecule is NC1=NC=CC=CN=C1. The van der Waals surface area contributed by atoms with Crippen molar-refractivity contribution in [3.63, 3.8) is 0 Å². The number of hydrogen-bond acceptors (Lipinski definition) is 3. The highest BCUT2D eigenvalue weighted by atomic mass is 14.9. The molecule has 0 atom stereocenters. The second kappa shape index (κ2) is 2.81. The lowest BCUT2D eigenvalue weighted by atomic mass is 10.5. The lowest BCUT2D eigenvalue weighted by Crippen LogP contribution is -2.11. The topological polar surface area (TPSA) is 50.7 Å². The van der Waals surface area contributed by atoms with Gasteiger partial charge in [0.05, 0.1) is 6.21 Å². The molecule has 0 aromatic carbocycles. The summed E-state index contributed by atoms with van der Waals surface area (Å²) in [5.41, 5.74) is 5.32. The van der Waals surface area contributed by atoms with Crippen LogP contribution >= 0.6 is 0 Å². The van der Waals surface area contributed by atoms with Crippen molar-refractivity contribution in [2.24, 2.45) is 15.7 Å². The van der Waals surface area contributed by atoms with Gasteiger partial charge < -0.3 is 5.73 Å². The van der Waals surface area contributed by atoms with Crippen LogP contribution in [0, 0.1) is 0 Å². The van der Waals surface area contributed by atoms with Gasteiger partial charge in [0.1, 0.15) is 5.84 Å². The second-order valence-electron chi connectivity index (χ2n) is 1.52. The van der Waals surface area contributed by atoms with Crippen molar-refractivity contribution in [1.82, 2.24) is 0 Å². The number of allylic oxidation sites excluding steroid dienone is 2. The van der Waals surface area contributed by atoms with Crippen molar-refractivity contribution in [2.45, 2.75) is 0 Å². The Labute approximate surface area is 53.3 Å². The van der Waals surface area contributed by atoms with Crippen molar-refractivity contribution < 1.29 is 0 Å². The van der Waals surface area contributed by atoms with E-state index in [0.29, 0.717) is 5.84 Å². The maximum atomic E-state index is 5.32. The molecule has 0 spiro atoms. The van der Waals surface area contributed by atoms with Crippen LogP contribution in [0.2, 0.25) is 0 Å². The minimum Gasteiger partial charge on any atom is -0.382 e. The molecule has 3 heteroatoms. The molecule has 0 saturated carbocycles. The predicted molar refractivity (Wildman–Crippen MR) is 38.4 cm³/mol. The van der Waals surface area contributed by atoms with Gasteiger partial charge in [0, 0.05) is 12.4 Å². The van der Waals surface area contributed by atoms with Gasteiger partial charge in [0.2, 0.25) is 0 Å². The highest BCUT2D eigenvalue weighted by Gasteiger charge is 1.80. The average molecular weight is 121 g/mol. The first kappa shape index (κ1) is 5.75. The van der Waals surface area contributed by atoms with Gasteiger partial charge in [-0.1, -0.05) is 0 Å². The van der Waals surface area contributed by atoms with Crippen LogP contribution in [0.15, 0.2) is 34.5 Å². The number of nitrogens with zero attached hydrogens (tertiary/aromatic N) is 2. The third-order valence-electron chi connectivity index (χ3n) is 0.800. The smallest absolute Gasteiger partial charge is 0.141 e. The summed E-state index contributed by atoms with van der Waals surface area (Å²) < 4.78 is 0. The molecular formula is C6H7N3. The highest BCUT2D eigenvalue weighted by Crippen LogP contribution is 1.83. The summed E-state index contributed by atoms with van der Waals surface area (Å²) >= 11 is 0. The molecule has 2 N–H and O–H groups in total. The van der Waals surface area contributed by atoms with E-state index in [2.05, 4.69) is 9.98 Å². The number of aliphatic imine (C=N–C) groups is 2. The Kier molecular flexibility index (Phi) is 1.80. The lowest BCUT2D eigenvalue weighted by molar-refractivity contribution is 1.49. The quantitative estimate of drug-likeness (QED) is 0.497. The predicted octanol–water partition coefficient (Wildman–Crippen LogP) is 0.455. The van der Waals surface area contributed by atoms with Crippen LogP contribution in [-0.2, 0) is 0 Å². The van der Waals surface area contributed by atoms with E-state index in [1.165, 1.54) is 6.21 Å². The van der Waals surface area contributed by atoms with Crippen LogP contribution in [0.1, 0.15) is 0 Å². The van der Waals surface area contributed by atoms with Gasteiger partial charge in [0.15, 0.2) is 0 Å². The van der Waals surface area contributed by atoms with E-state index < -0.39 is 0 Å². The van der Waals surface area contributed by atoms with E-state index in [-0.39, 0.29) is 0 Å². The maximum Gasteiger partial charge on any atom is 0.141 e. The Morgan fingerprint density at radius 3 is 2.89 bits per heavy atom. The molecule has 0 aromatic rings. The van der Waals surface area contributed by atoms with Crippen LogP contribution in [0.5, 0.6) is 0 Å². The lowest BCUT2D eigenvalue weighted by Gasteiger charge is -1.87. The summed E-state index contributed by atoms with van der Waals surface area (Å²) in [7, 11) is 0. The van der Waals surface area contributed by atoms with Crippen LogP contribution in [0.25, 0.3) is 0 Å². The standard InChI is InChI=1S/C6H7N3/c7-6-5-8-3-1-2-4-9-6/h1-5H,(H2,7,9). The Bertz CT molecular complexity index is 198. The summed E-state index contributed by atoms with van der Waals surface area (Å²) in [6, 6.07) is 0. The number of nitrogens with two attached hydrogens (primary N) is 1. The van der Waals surface area contributed by atoms with E-state index in [9.17, 15) is 0 Å². The largest absolute Gasteiger partial charge is 0.382 e. The van der Waals surface area contributed by atoms with Crippen molar-refractivity contribution in [3.8, 4) is 0 Å². The molecule has 0 fully saturated rings. The Morgan fingerprint density at radius 1 is 1.22 bits per heavy atom. The fraction of sp³-hybridized carbons (Fsp3) is 0. The molecule has 1 aliphatic rings. The monoisotopic (exact) mass is 121 g/mol. The molecule has 3 nitrogen and oxygen atoms in total. The van der Waals surface area contributed by atoms with Gasteiger partial charge >= 0.3 is 0 Å². The highest BCUT2D eigenvalue weighted by molar-refractivity contribution is 6.29. The van der Waals surface area contributed by atoms with Crippen molar-refractivity contribution >= 4 is 12.1 Å². The maximum absolute atomic E-state index is 5.32. The van der Waals surface area contributed by atoms with E-state index >= 15 is 0 Å². The van der Waals surface area contributed by atoms with Gasteiger partial charge in [-0.3, -0.25) is 4.99 Å². The first-order valence-electron chi connectivity index (χ1n) is 2.58. The third-order valence-corrected chi connectivity index (χ3v) is 0.800. The Morgan fingerprint density at radius 2 is 2.00 bits per heavy atom. The first-order valence-corrected chi connectivity index (χ1v) is 2.58.